The topological polar surface area (TPSA) is 49.8 Å². The molecule has 2 aromatic rings. The van der Waals surface area contributed by atoms with E-state index in [9.17, 15) is 9.90 Å². The molecule has 116 valence electrons. The summed E-state index contributed by atoms with van der Waals surface area (Å²) in [7, 11) is 3.31. The van der Waals surface area contributed by atoms with Crippen molar-refractivity contribution >= 4 is 5.91 Å². The summed E-state index contributed by atoms with van der Waals surface area (Å²) in [4.78, 5) is 14.2. The minimum Gasteiger partial charge on any atom is -0.497 e. The molecular formula is C18H21NO3. The Kier molecular flexibility index (Phi) is 5.17. The zero-order valence-corrected chi connectivity index (χ0v) is 13.1. The first kappa shape index (κ1) is 16.0. The molecule has 0 aliphatic carbocycles. The van der Waals surface area contributed by atoms with Crippen LogP contribution in [-0.2, 0) is 0 Å². The van der Waals surface area contributed by atoms with Gasteiger partial charge >= 0.3 is 0 Å². The lowest BCUT2D eigenvalue weighted by Crippen LogP contribution is -2.33. The average molecular weight is 299 g/mol. The lowest BCUT2D eigenvalue weighted by molar-refractivity contribution is 0.0658. The molecule has 1 atom stereocenters. The van der Waals surface area contributed by atoms with E-state index >= 15 is 0 Å². The highest BCUT2D eigenvalue weighted by atomic mass is 16.5. The minimum absolute atomic E-state index is 0.104. The highest BCUT2D eigenvalue weighted by Crippen LogP contribution is 2.24. The minimum atomic E-state index is -0.391. The van der Waals surface area contributed by atoms with Crippen LogP contribution in [0.4, 0.5) is 0 Å². The lowest BCUT2D eigenvalue weighted by Gasteiger charge is -2.27. The van der Waals surface area contributed by atoms with Gasteiger partial charge in [-0.3, -0.25) is 4.79 Å². The zero-order chi connectivity index (χ0) is 16.1. The molecule has 1 N–H and O–H groups in total. The Morgan fingerprint density at radius 2 is 1.82 bits per heavy atom. The molecule has 0 spiro atoms. The number of hydrogen-bond donors (Lipinski definition) is 1. The fraction of sp³-hybridized carbons (Fsp3) is 0.278. The number of nitrogens with zero attached hydrogens (tertiary/aromatic N) is 1. The third-order valence-electron chi connectivity index (χ3n) is 3.84. The van der Waals surface area contributed by atoms with Crippen molar-refractivity contribution in [1.29, 1.82) is 0 Å². The predicted molar refractivity (Wildman–Crippen MR) is 86.1 cm³/mol. The maximum Gasteiger partial charge on any atom is 0.254 e. The zero-order valence-electron chi connectivity index (χ0n) is 13.1. The Balaban J connectivity index is 2.26. The van der Waals surface area contributed by atoms with Crippen LogP contribution < -0.4 is 4.74 Å². The van der Waals surface area contributed by atoms with Crippen LogP contribution in [0, 0.1) is 6.92 Å². The molecule has 4 nitrogen and oxygen atoms in total. The maximum atomic E-state index is 12.7. The van der Waals surface area contributed by atoms with Crippen molar-refractivity contribution in [3.63, 3.8) is 0 Å². The molecule has 0 heterocycles. The molecule has 2 rings (SSSR count). The molecule has 0 aliphatic heterocycles. The van der Waals surface area contributed by atoms with E-state index in [1.807, 2.05) is 49.4 Å². The third-order valence-corrected chi connectivity index (χ3v) is 3.84. The Hall–Kier alpha value is -2.33. The summed E-state index contributed by atoms with van der Waals surface area (Å²) in [5.74, 6) is 0.640. The van der Waals surface area contributed by atoms with Crippen LogP contribution in [0.15, 0.2) is 48.5 Å². The lowest BCUT2D eigenvalue weighted by atomic mass is 10.0. The number of benzene rings is 2. The highest BCUT2D eigenvalue weighted by molar-refractivity contribution is 5.95. The number of hydrogen-bond acceptors (Lipinski definition) is 3. The molecule has 0 bridgehead atoms. The van der Waals surface area contributed by atoms with E-state index in [-0.39, 0.29) is 12.5 Å². The Bertz CT molecular complexity index is 637. The van der Waals surface area contributed by atoms with Crippen LogP contribution in [0.3, 0.4) is 0 Å². The van der Waals surface area contributed by atoms with Crippen molar-refractivity contribution in [3.05, 3.63) is 65.2 Å². The molecule has 22 heavy (non-hydrogen) atoms. The normalized spacial score (nSPS) is 11.8. The molecule has 0 unspecified atom stereocenters. The van der Waals surface area contributed by atoms with E-state index in [0.717, 1.165) is 16.9 Å². The van der Waals surface area contributed by atoms with Crippen LogP contribution in [-0.4, -0.2) is 36.7 Å². The summed E-state index contributed by atoms with van der Waals surface area (Å²) in [5, 5.41) is 9.72. The molecule has 0 radical (unpaired) electrons. The van der Waals surface area contributed by atoms with Crippen LogP contribution in [0.25, 0.3) is 0 Å². The molecule has 0 fully saturated rings. The van der Waals surface area contributed by atoms with E-state index in [4.69, 9.17) is 4.74 Å². The second-order valence-corrected chi connectivity index (χ2v) is 5.20. The fourth-order valence-electron chi connectivity index (χ4n) is 2.42. The van der Waals surface area contributed by atoms with E-state index in [1.165, 1.54) is 0 Å². The first-order chi connectivity index (χ1) is 10.6. The van der Waals surface area contributed by atoms with E-state index in [2.05, 4.69) is 0 Å². The molecule has 0 saturated heterocycles. The molecule has 2 aromatic carbocycles. The van der Waals surface area contributed by atoms with Crippen molar-refractivity contribution in [2.45, 2.75) is 13.0 Å². The maximum absolute atomic E-state index is 12.7. The third kappa shape index (κ3) is 3.28. The van der Waals surface area contributed by atoms with Crippen LogP contribution >= 0.6 is 0 Å². The smallest absolute Gasteiger partial charge is 0.254 e. The van der Waals surface area contributed by atoms with Gasteiger partial charge in [-0.05, 0) is 36.2 Å². The second kappa shape index (κ2) is 7.09. The van der Waals surface area contributed by atoms with Gasteiger partial charge in [0.15, 0.2) is 0 Å². The van der Waals surface area contributed by atoms with Crippen LogP contribution in [0.2, 0.25) is 0 Å². The molecule has 0 aromatic heterocycles. The van der Waals surface area contributed by atoms with Gasteiger partial charge in [-0.1, -0.05) is 30.3 Å². The molecule has 0 aliphatic rings. The highest BCUT2D eigenvalue weighted by Gasteiger charge is 2.23. The number of amides is 1. The number of aliphatic hydroxyl groups excluding tert-OH is 1. The number of aliphatic hydroxyl groups is 1. The van der Waals surface area contributed by atoms with Gasteiger partial charge in [-0.15, -0.1) is 0 Å². The van der Waals surface area contributed by atoms with E-state index in [1.54, 1.807) is 25.1 Å². The van der Waals surface area contributed by atoms with Gasteiger partial charge in [0, 0.05) is 12.6 Å². The predicted octanol–water partition coefficient (Wildman–Crippen LogP) is 2.81. The largest absolute Gasteiger partial charge is 0.497 e. The van der Waals surface area contributed by atoms with Gasteiger partial charge < -0.3 is 14.7 Å². The van der Waals surface area contributed by atoms with Crippen molar-refractivity contribution in [2.75, 3.05) is 20.8 Å². The van der Waals surface area contributed by atoms with Gasteiger partial charge in [-0.25, -0.2) is 0 Å². The Morgan fingerprint density at radius 1 is 1.18 bits per heavy atom. The summed E-state index contributed by atoms with van der Waals surface area (Å²) in [6.07, 6.45) is 0. The summed E-state index contributed by atoms with van der Waals surface area (Å²) in [5.41, 5.74) is 2.44. The van der Waals surface area contributed by atoms with E-state index < -0.39 is 6.04 Å². The van der Waals surface area contributed by atoms with Gasteiger partial charge in [0.1, 0.15) is 5.75 Å². The number of methoxy groups -OCH3 is 1. The van der Waals surface area contributed by atoms with E-state index in [0.29, 0.717) is 5.56 Å². The first-order valence-corrected chi connectivity index (χ1v) is 7.16. The number of ether oxygens (including phenoxy) is 1. The average Bonchev–Trinajstić information content (AvgIpc) is 2.56. The summed E-state index contributed by atoms with van der Waals surface area (Å²) in [6, 6.07) is 14.4. The number of likely N-dealkylation sites (N-methyl/N-ethyl adjacent to an activating group) is 1. The van der Waals surface area contributed by atoms with Crippen molar-refractivity contribution < 1.29 is 14.6 Å². The molecule has 1 amide bonds. The first-order valence-electron chi connectivity index (χ1n) is 7.16. The van der Waals surface area contributed by atoms with Crippen LogP contribution in [0.1, 0.15) is 27.5 Å². The Labute approximate surface area is 131 Å². The molecule has 0 saturated carbocycles. The number of carbonyl (C=O) groups excluding carboxylic acids is 1. The van der Waals surface area contributed by atoms with Crippen molar-refractivity contribution in [1.82, 2.24) is 4.90 Å². The van der Waals surface area contributed by atoms with Gasteiger partial charge in [-0.2, -0.15) is 0 Å². The second-order valence-electron chi connectivity index (χ2n) is 5.20. The molecule has 4 heteroatoms. The van der Waals surface area contributed by atoms with Gasteiger partial charge in [0.05, 0.1) is 19.8 Å². The monoisotopic (exact) mass is 299 g/mol. The van der Waals surface area contributed by atoms with Gasteiger partial charge in [0.2, 0.25) is 0 Å². The van der Waals surface area contributed by atoms with Crippen molar-refractivity contribution in [2.24, 2.45) is 0 Å². The fourth-order valence-corrected chi connectivity index (χ4v) is 2.42. The quantitative estimate of drug-likeness (QED) is 0.923. The number of aryl methyl sites for hydroxylation is 1. The Morgan fingerprint density at radius 3 is 2.36 bits per heavy atom. The summed E-state index contributed by atoms with van der Waals surface area (Å²) >= 11 is 0. The van der Waals surface area contributed by atoms with Gasteiger partial charge in [0.25, 0.3) is 5.91 Å². The SMILES string of the molecule is COc1ccc([C@H](CO)N(C)C(=O)c2ccccc2C)cc1. The standard InChI is InChI=1S/C18H21NO3/c1-13-6-4-5-7-16(13)18(21)19(2)17(12-20)14-8-10-15(22-3)11-9-14/h4-11,17,20H,12H2,1-3H3/t17-/m0/s1. The summed E-state index contributed by atoms with van der Waals surface area (Å²) in [6.45, 7) is 1.77. The van der Waals surface area contributed by atoms with Crippen molar-refractivity contribution in [3.8, 4) is 5.75 Å². The van der Waals surface area contributed by atoms with Crippen LogP contribution in [0.5, 0.6) is 5.75 Å². The number of rotatable bonds is 5. The molecular weight excluding hydrogens is 278 g/mol. The summed E-state index contributed by atoms with van der Waals surface area (Å²) < 4.78 is 5.13. The number of carbonyl (C=O) groups is 1.